The molecule has 0 N–H and O–H groups in total. The maximum Gasteiger partial charge on any atom is 0.145 e. The summed E-state index contributed by atoms with van der Waals surface area (Å²) >= 11 is 1.90. The number of nitrogens with zero attached hydrogens (tertiary/aromatic N) is 2. The van der Waals surface area contributed by atoms with Gasteiger partial charge in [-0.1, -0.05) is 105 Å². The summed E-state index contributed by atoms with van der Waals surface area (Å²) in [5.74, 6) is 0. The maximum atomic E-state index is 4.67. The molecule has 0 atom stereocenters. The van der Waals surface area contributed by atoms with E-state index in [4.69, 9.17) is 0 Å². The number of hydrogen-bond acceptors (Lipinski definition) is 2. The molecule has 0 saturated carbocycles. The lowest BCUT2D eigenvalue weighted by molar-refractivity contribution is 0.661. The second kappa shape index (κ2) is 8.90. The molecule has 1 aliphatic rings. The average molecular weight is 593 g/mol. The van der Waals surface area contributed by atoms with Gasteiger partial charge in [-0.2, -0.15) is 0 Å². The Morgan fingerprint density at radius 1 is 0.556 bits per heavy atom. The Hall–Kier alpha value is -5.25. The molecule has 6 aromatic carbocycles. The van der Waals surface area contributed by atoms with Crippen molar-refractivity contribution in [1.82, 2.24) is 9.38 Å². The summed E-state index contributed by atoms with van der Waals surface area (Å²) in [5, 5.41) is 6.36. The Morgan fingerprint density at radius 2 is 1.22 bits per heavy atom. The monoisotopic (exact) mass is 592 g/mol. The number of fused-ring (bicyclic) bond motifs is 12. The first-order valence-electron chi connectivity index (χ1n) is 15.5. The number of imidazole rings is 1. The summed E-state index contributed by atoms with van der Waals surface area (Å²) in [6.45, 7) is 4.77. The molecule has 3 heteroatoms. The van der Waals surface area contributed by atoms with Crippen molar-refractivity contribution in [2.75, 3.05) is 0 Å². The van der Waals surface area contributed by atoms with Gasteiger partial charge in [-0.15, -0.1) is 11.3 Å². The van der Waals surface area contributed by atoms with Crippen LogP contribution in [0.5, 0.6) is 0 Å². The van der Waals surface area contributed by atoms with Crippen LogP contribution in [0.3, 0.4) is 0 Å². The molecule has 0 bridgehead atoms. The van der Waals surface area contributed by atoms with Gasteiger partial charge in [0.25, 0.3) is 0 Å². The van der Waals surface area contributed by atoms with Gasteiger partial charge in [0.15, 0.2) is 0 Å². The molecule has 0 unspecified atom stereocenters. The van der Waals surface area contributed by atoms with Gasteiger partial charge >= 0.3 is 0 Å². The Morgan fingerprint density at radius 3 is 2.07 bits per heavy atom. The van der Waals surface area contributed by atoms with Crippen LogP contribution in [-0.2, 0) is 5.41 Å². The van der Waals surface area contributed by atoms with Crippen LogP contribution in [0.15, 0.2) is 134 Å². The third-order valence-corrected chi connectivity index (χ3v) is 11.3. The van der Waals surface area contributed by atoms with Gasteiger partial charge in [0, 0.05) is 48.8 Å². The molecule has 212 valence electrons. The molecule has 10 rings (SSSR count). The number of hydrogen-bond donors (Lipinski definition) is 0. The van der Waals surface area contributed by atoms with E-state index in [2.05, 4.69) is 151 Å². The summed E-state index contributed by atoms with van der Waals surface area (Å²) < 4.78 is 4.92. The largest absolute Gasteiger partial charge is 0.299 e. The van der Waals surface area contributed by atoms with E-state index < -0.39 is 0 Å². The normalized spacial score (nSPS) is 13.7. The zero-order valence-electron chi connectivity index (χ0n) is 25.0. The molecular formula is C42H28N2S. The Balaban J connectivity index is 1.11. The van der Waals surface area contributed by atoms with Gasteiger partial charge in [0.2, 0.25) is 0 Å². The first kappa shape index (κ1) is 25.1. The molecule has 2 nitrogen and oxygen atoms in total. The number of aromatic nitrogens is 2. The van der Waals surface area contributed by atoms with E-state index in [1.54, 1.807) is 0 Å². The number of rotatable bonds is 2. The van der Waals surface area contributed by atoms with Gasteiger partial charge in [-0.05, 0) is 80.2 Å². The highest BCUT2D eigenvalue weighted by Gasteiger charge is 2.36. The van der Waals surface area contributed by atoms with Gasteiger partial charge in [0.1, 0.15) is 5.65 Å². The zero-order valence-corrected chi connectivity index (χ0v) is 25.8. The fourth-order valence-corrected chi connectivity index (χ4v) is 9.05. The van der Waals surface area contributed by atoms with Crippen molar-refractivity contribution < 1.29 is 0 Å². The maximum absolute atomic E-state index is 4.67. The van der Waals surface area contributed by atoms with Gasteiger partial charge in [-0.3, -0.25) is 4.40 Å². The van der Waals surface area contributed by atoms with Crippen molar-refractivity contribution >= 4 is 58.8 Å². The van der Waals surface area contributed by atoms with Crippen LogP contribution in [-0.4, -0.2) is 9.38 Å². The van der Waals surface area contributed by atoms with Gasteiger partial charge < -0.3 is 0 Å². The van der Waals surface area contributed by atoms with Crippen LogP contribution in [0.2, 0.25) is 0 Å². The molecule has 45 heavy (non-hydrogen) atoms. The summed E-state index contributed by atoms with van der Waals surface area (Å²) in [4.78, 5) is 4.67. The zero-order chi connectivity index (χ0) is 29.9. The van der Waals surface area contributed by atoms with Crippen LogP contribution in [0.4, 0.5) is 0 Å². The molecular weight excluding hydrogens is 565 g/mol. The van der Waals surface area contributed by atoms with Crippen molar-refractivity contribution in [3.63, 3.8) is 0 Å². The minimum absolute atomic E-state index is 0.114. The number of pyridine rings is 1. The minimum atomic E-state index is -0.114. The molecule has 0 spiro atoms. The van der Waals surface area contributed by atoms with Crippen molar-refractivity contribution in [1.29, 1.82) is 0 Å². The summed E-state index contributed by atoms with van der Waals surface area (Å²) in [6.07, 6.45) is 3.96. The fourth-order valence-electron chi connectivity index (χ4n) is 7.81. The second-order valence-corrected chi connectivity index (χ2v) is 13.9. The molecule has 0 saturated heterocycles. The molecule has 0 fully saturated rings. The van der Waals surface area contributed by atoms with E-state index in [1.165, 1.54) is 86.4 Å². The number of thiophene rings is 1. The van der Waals surface area contributed by atoms with E-state index in [1.807, 2.05) is 17.5 Å². The van der Waals surface area contributed by atoms with E-state index in [-0.39, 0.29) is 5.41 Å². The molecule has 0 amide bonds. The lowest BCUT2D eigenvalue weighted by Crippen LogP contribution is -2.15. The molecule has 3 aromatic heterocycles. The minimum Gasteiger partial charge on any atom is -0.299 e. The van der Waals surface area contributed by atoms with Crippen LogP contribution >= 0.6 is 11.3 Å². The lowest BCUT2D eigenvalue weighted by Gasteiger charge is -2.23. The van der Waals surface area contributed by atoms with E-state index in [9.17, 15) is 0 Å². The average Bonchev–Trinajstić information content (AvgIpc) is 3.78. The molecule has 9 aromatic rings. The van der Waals surface area contributed by atoms with E-state index in [0.29, 0.717) is 0 Å². The summed E-state index contributed by atoms with van der Waals surface area (Å²) in [7, 11) is 0. The van der Waals surface area contributed by atoms with Crippen molar-refractivity contribution in [3.8, 4) is 33.4 Å². The third kappa shape index (κ3) is 3.42. The first-order valence-corrected chi connectivity index (χ1v) is 16.4. The predicted octanol–water partition coefficient (Wildman–Crippen LogP) is 11.6. The van der Waals surface area contributed by atoms with Crippen LogP contribution in [0.25, 0.3) is 80.9 Å². The SMILES string of the molecule is CC1(C)c2cc(-c3ccc4c(c3)c3ccccc3c3nccn43)ccc2-c2ccc(-c3cccc4c3sc3ccccc34)cc21. The number of benzene rings is 6. The second-order valence-electron chi connectivity index (χ2n) is 12.8. The molecule has 3 heterocycles. The van der Waals surface area contributed by atoms with Crippen molar-refractivity contribution in [3.05, 3.63) is 145 Å². The van der Waals surface area contributed by atoms with Crippen molar-refractivity contribution in [2.24, 2.45) is 0 Å². The smallest absolute Gasteiger partial charge is 0.145 e. The topological polar surface area (TPSA) is 17.3 Å². The quantitative estimate of drug-likeness (QED) is 0.183. The highest BCUT2D eigenvalue weighted by atomic mass is 32.1. The van der Waals surface area contributed by atoms with Crippen LogP contribution in [0.1, 0.15) is 25.0 Å². The van der Waals surface area contributed by atoms with Crippen molar-refractivity contribution in [2.45, 2.75) is 19.3 Å². The summed E-state index contributed by atoms with van der Waals surface area (Å²) in [5.41, 5.74) is 12.7. The third-order valence-electron chi connectivity index (χ3n) is 10.1. The Kier molecular flexibility index (Phi) is 4.97. The standard InChI is InChI=1S/C42H28N2S/c1-42(2)36-23-26(25-16-19-38-35(22-25)29-8-3-4-10-34(29)41-43-20-21-44(38)41)14-17-30(36)31-18-15-27(24-37(31)42)28-11-7-12-33-32-9-5-6-13-39(32)45-40(28)33/h3-24H,1-2H3. The molecule has 1 aliphatic carbocycles. The summed E-state index contributed by atoms with van der Waals surface area (Å²) in [6, 6.07) is 45.2. The Bertz CT molecular complexity index is 2690. The van der Waals surface area contributed by atoms with Gasteiger partial charge in [-0.25, -0.2) is 4.98 Å². The van der Waals surface area contributed by atoms with Gasteiger partial charge in [0.05, 0.1) is 5.52 Å². The van der Waals surface area contributed by atoms with Crippen LogP contribution in [0, 0.1) is 0 Å². The highest BCUT2D eigenvalue weighted by molar-refractivity contribution is 7.26. The first-order chi connectivity index (χ1) is 22.1. The predicted molar refractivity (Wildman–Crippen MR) is 192 cm³/mol. The van der Waals surface area contributed by atoms with E-state index in [0.717, 1.165) is 5.65 Å². The molecule has 0 radical (unpaired) electrons. The van der Waals surface area contributed by atoms with Crippen LogP contribution < -0.4 is 0 Å². The Labute approximate surface area is 264 Å². The highest BCUT2D eigenvalue weighted by Crippen LogP contribution is 2.51. The lowest BCUT2D eigenvalue weighted by atomic mass is 9.80. The molecule has 0 aliphatic heterocycles. The fraction of sp³-hybridized carbons (Fsp3) is 0.0714. The van der Waals surface area contributed by atoms with E-state index >= 15 is 0 Å².